The molecule has 0 radical (unpaired) electrons. The summed E-state index contributed by atoms with van der Waals surface area (Å²) in [6, 6.07) is 4.18. The molecular formula is C12H13NOS2. The Morgan fingerprint density at radius 2 is 2.38 bits per heavy atom. The number of thioether (sulfide) groups is 1. The number of hydrogen-bond donors (Lipinski definition) is 1. The minimum Gasteiger partial charge on any atom is -0.472 e. The molecule has 2 aromatic heterocycles. The van der Waals surface area contributed by atoms with E-state index in [4.69, 9.17) is 10.2 Å². The van der Waals surface area contributed by atoms with Crippen molar-refractivity contribution in [2.24, 2.45) is 5.73 Å². The van der Waals surface area contributed by atoms with Crippen molar-refractivity contribution in [3.05, 3.63) is 45.5 Å². The topological polar surface area (TPSA) is 39.2 Å². The molecule has 1 atom stereocenters. The van der Waals surface area contributed by atoms with Gasteiger partial charge in [-0.25, -0.2) is 0 Å². The van der Waals surface area contributed by atoms with Gasteiger partial charge in [0.1, 0.15) is 0 Å². The number of hydrogen-bond acceptors (Lipinski definition) is 4. The fourth-order valence-corrected chi connectivity index (χ4v) is 4.35. The highest BCUT2D eigenvalue weighted by Gasteiger charge is 2.18. The van der Waals surface area contributed by atoms with E-state index in [2.05, 4.69) is 6.07 Å². The van der Waals surface area contributed by atoms with E-state index in [1.54, 1.807) is 12.5 Å². The number of furan rings is 1. The fraction of sp³-hybridized carbons (Fsp3) is 0.333. The Hall–Kier alpha value is -0.710. The Morgan fingerprint density at radius 3 is 3.12 bits per heavy atom. The second-order valence-electron chi connectivity index (χ2n) is 3.93. The molecule has 1 unspecified atom stereocenters. The molecule has 2 nitrogen and oxygen atoms in total. The molecule has 0 aromatic carbocycles. The van der Waals surface area contributed by atoms with Crippen molar-refractivity contribution in [3.63, 3.8) is 0 Å². The van der Waals surface area contributed by atoms with Gasteiger partial charge in [0.25, 0.3) is 0 Å². The van der Waals surface area contributed by atoms with Crippen LogP contribution in [0.2, 0.25) is 0 Å². The number of rotatable bonds is 2. The summed E-state index contributed by atoms with van der Waals surface area (Å²) in [5.41, 5.74) is 8.76. The van der Waals surface area contributed by atoms with E-state index < -0.39 is 0 Å². The Kier molecular flexibility index (Phi) is 2.79. The summed E-state index contributed by atoms with van der Waals surface area (Å²) in [4.78, 5) is 2.78. The van der Waals surface area contributed by atoms with Gasteiger partial charge in [0.15, 0.2) is 0 Å². The van der Waals surface area contributed by atoms with Gasteiger partial charge in [-0.15, -0.1) is 11.3 Å². The molecule has 4 heteroatoms. The smallest absolute Gasteiger partial charge is 0.0954 e. The van der Waals surface area contributed by atoms with Crippen LogP contribution in [0, 0.1) is 0 Å². The summed E-state index contributed by atoms with van der Waals surface area (Å²) in [6.07, 6.45) is 4.61. The molecule has 2 N–H and O–H groups in total. The number of fused-ring (bicyclic) bond motifs is 1. The fourth-order valence-electron chi connectivity index (χ4n) is 1.94. The Balaban J connectivity index is 1.92. The van der Waals surface area contributed by atoms with Gasteiger partial charge in [0.05, 0.1) is 18.6 Å². The zero-order chi connectivity index (χ0) is 11.0. The van der Waals surface area contributed by atoms with Gasteiger partial charge < -0.3 is 10.2 Å². The van der Waals surface area contributed by atoms with Crippen molar-refractivity contribution in [2.75, 3.05) is 5.75 Å². The first-order valence-electron chi connectivity index (χ1n) is 5.31. The maximum atomic E-state index is 6.22. The minimum atomic E-state index is -0.0284. The van der Waals surface area contributed by atoms with Crippen molar-refractivity contribution in [1.29, 1.82) is 0 Å². The van der Waals surface area contributed by atoms with E-state index in [9.17, 15) is 0 Å². The molecule has 0 saturated heterocycles. The van der Waals surface area contributed by atoms with Crippen LogP contribution >= 0.6 is 23.1 Å². The summed E-state index contributed by atoms with van der Waals surface area (Å²) in [7, 11) is 0. The Bertz CT molecular complexity index is 452. The third-order valence-electron chi connectivity index (χ3n) is 2.86. The van der Waals surface area contributed by atoms with Crippen molar-refractivity contribution >= 4 is 23.1 Å². The molecule has 0 amide bonds. The van der Waals surface area contributed by atoms with E-state index in [0.717, 1.165) is 11.3 Å². The van der Waals surface area contributed by atoms with E-state index in [1.807, 2.05) is 29.2 Å². The van der Waals surface area contributed by atoms with E-state index in [1.165, 1.54) is 27.5 Å². The SMILES string of the molecule is NC(c1ccoc1)c1cc2c(s1)CCSC2. The molecule has 0 aliphatic carbocycles. The Morgan fingerprint density at radius 1 is 1.44 bits per heavy atom. The highest BCUT2D eigenvalue weighted by molar-refractivity contribution is 7.98. The van der Waals surface area contributed by atoms with Gasteiger partial charge in [-0.3, -0.25) is 0 Å². The average Bonchev–Trinajstić information content (AvgIpc) is 2.97. The van der Waals surface area contributed by atoms with Gasteiger partial charge in [-0.05, 0) is 29.9 Å². The quantitative estimate of drug-likeness (QED) is 0.891. The lowest BCUT2D eigenvalue weighted by Gasteiger charge is -2.08. The van der Waals surface area contributed by atoms with Gasteiger partial charge in [0.2, 0.25) is 0 Å². The van der Waals surface area contributed by atoms with Crippen molar-refractivity contribution in [3.8, 4) is 0 Å². The summed E-state index contributed by atoms with van der Waals surface area (Å²) < 4.78 is 5.08. The van der Waals surface area contributed by atoms with Crippen LogP contribution in [-0.4, -0.2) is 5.75 Å². The molecule has 84 valence electrons. The van der Waals surface area contributed by atoms with Crippen LogP contribution in [-0.2, 0) is 12.2 Å². The van der Waals surface area contributed by atoms with Crippen LogP contribution in [0.1, 0.15) is 26.9 Å². The third-order valence-corrected chi connectivity index (χ3v) is 5.18. The first-order chi connectivity index (χ1) is 7.84. The van der Waals surface area contributed by atoms with Crippen LogP contribution in [0.25, 0.3) is 0 Å². The van der Waals surface area contributed by atoms with E-state index in [-0.39, 0.29) is 6.04 Å². The van der Waals surface area contributed by atoms with Crippen LogP contribution in [0.4, 0.5) is 0 Å². The molecule has 1 aliphatic rings. The number of aryl methyl sites for hydroxylation is 1. The van der Waals surface area contributed by atoms with Gasteiger partial charge in [0, 0.05) is 21.1 Å². The maximum absolute atomic E-state index is 6.22. The number of thiophene rings is 1. The lowest BCUT2D eigenvalue weighted by molar-refractivity contribution is 0.562. The molecule has 0 bridgehead atoms. The number of nitrogens with two attached hydrogens (primary N) is 1. The van der Waals surface area contributed by atoms with E-state index in [0.29, 0.717) is 0 Å². The highest BCUT2D eigenvalue weighted by atomic mass is 32.2. The Labute approximate surface area is 103 Å². The van der Waals surface area contributed by atoms with Crippen LogP contribution in [0.5, 0.6) is 0 Å². The zero-order valence-corrected chi connectivity index (χ0v) is 10.4. The largest absolute Gasteiger partial charge is 0.472 e. The molecule has 16 heavy (non-hydrogen) atoms. The highest BCUT2D eigenvalue weighted by Crippen LogP contribution is 2.35. The molecule has 0 saturated carbocycles. The van der Waals surface area contributed by atoms with E-state index >= 15 is 0 Å². The van der Waals surface area contributed by atoms with Crippen molar-refractivity contribution in [1.82, 2.24) is 0 Å². The predicted octanol–water partition coefficient (Wildman–Crippen LogP) is 3.18. The lowest BCUT2D eigenvalue weighted by atomic mass is 10.1. The zero-order valence-electron chi connectivity index (χ0n) is 8.81. The average molecular weight is 251 g/mol. The maximum Gasteiger partial charge on any atom is 0.0954 e. The molecule has 3 heterocycles. The molecule has 3 rings (SSSR count). The normalized spacial score (nSPS) is 17.1. The standard InChI is InChI=1S/C12H13NOS2/c13-12(8-1-3-14-6-8)11-5-9-7-15-4-2-10(9)16-11/h1,3,5-6,12H,2,4,7,13H2. The molecule has 1 aliphatic heterocycles. The third kappa shape index (κ3) is 1.81. The molecular weight excluding hydrogens is 238 g/mol. The minimum absolute atomic E-state index is 0.0284. The summed E-state index contributed by atoms with van der Waals surface area (Å²) >= 11 is 3.87. The van der Waals surface area contributed by atoms with Crippen LogP contribution in [0.3, 0.4) is 0 Å². The van der Waals surface area contributed by atoms with Gasteiger partial charge in [-0.1, -0.05) is 0 Å². The second kappa shape index (κ2) is 4.28. The van der Waals surface area contributed by atoms with Gasteiger partial charge >= 0.3 is 0 Å². The summed E-state index contributed by atoms with van der Waals surface area (Å²) in [5.74, 6) is 2.39. The van der Waals surface area contributed by atoms with Crippen molar-refractivity contribution < 1.29 is 4.42 Å². The van der Waals surface area contributed by atoms with Crippen molar-refractivity contribution in [2.45, 2.75) is 18.2 Å². The molecule has 2 aromatic rings. The predicted molar refractivity (Wildman–Crippen MR) is 68.9 cm³/mol. The second-order valence-corrected chi connectivity index (χ2v) is 6.21. The lowest BCUT2D eigenvalue weighted by Crippen LogP contribution is -2.08. The summed E-state index contributed by atoms with van der Waals surface area (Å²) in [6.45, 7) is 0. The van der Waals surface area contributed by atoms with Gasteiger partial charge in [-0.2, -0.15) is 11.8 Å². The molecule has 0 fully saturated rings. The molecule has 0 spiro atoms. The first kappa shape index (κ1) is 10.4. The first-order valence-corrected chi connectivity index (χ1v) is 7.28. The van der Waals surface area contributed by atoms with Crippen LogP contribution < -0.4 is 5.73 Å². The van der Waals surface area contributed by atoms with Crippen LogP contribution in [0.15, 0.2) is 29.1 Å². The summed E-state index contributed by atoms with van der Waals surface area (Å²) in [5, 5.41) is 0. The monoisotopic (exact) mass is 251 g/mol.